The van der Waals surface area contributed by atoms with Crippen molar-refractivity contribution in [3.63, 3.8) is 0 Å². The molecule has 0 aromatic heterocycles. The summed E-state index contributed by atoms with van der Waals surface area (Å²) >= 11 is 0. The Labute approximate surface area is 152 Å². The largest absolute Gasteiger partial charge is 0.504 e. The second kappa shape index (κ2) is 7.27. The van der Waals surface area contributed by atoms with Crippen molar-refractivity contribution in [2.75, 3.05) is 12.1 Å². The average molecular weight is 348 g/mol. The van der Waals surface area contributed by atoms with Crippen LogP contribution in [0.4, 0.5) is 5.69 Å². The number of rotatable bonds is 5. The molecule has 1 aliphatic rings. The number of ether oxygens (including phenoxy) is 1. The molecular weight excluding hydrogens is 328 g/mol. The van der Waals surface area contributed by atoms with Gasteiger partial charge in [0, 0.05) is 5.56 Å². The lowest BCUT2D eigenvalue weighted by Crippen LogP contribution is -2.21. The van der Waals surface area contributed by atoms with Crippen LogP contribution in [-0.2, 0) is 11.2 Å². The third-order valence-electron chi connectivity index (χ3n) is 4.13. The number of hydrogen-bond donors (Lipinski definition) is 1. The summed E-state index contributed by atoms with van der Waals surface area (Å²) in [6, 6.07) is 12.8. The van der Waals surface area contributed by atoms with Gasteiger partial charge in [0.25, 0.3) is 5.91 Å². The van der Waals surface area contributed by atoms with E-state index in [2.05, 4.69) is 11.7 Å². The Morgan fingerprint density at radius 2 is 2.00 bits per heavy atom. The van der Waals surface area contributed by atoms with Crippen LogP contribution in [0.25, 0.3) is 6.08 Å². The Balaban J connectivity index is 2.00. The number of carbonyl (C=O) groups excluding carboxylic acids is 1. The fourth-order valence-corrected chi connectivity index (χ4v) is 2.83. The van der Waals surface area contributed by atoms with E-state index in [9.17, 15) is 9.90 Å². The third kappa shape index (κ3) is 3.24. The van der Waals surface area contributed by atoms with Crippen molar-refractivity contribution in [1.29, 1.82) is 0 Å². The lowest BCUT2D eigenvalue weighted by Gasteiger charge is -2.12. The minimum atomic E-state index is -0.189. The highest BCUT2D eigenvalue weighted by Crippen LogP contribution is 2.33. The number of nitrogens with zero attached hydrogens (tertiary/aromatic N) is 2. The zero-order valence-corrected chi connectivity index (χ0v) is 14.8. The maximum Gasteiger partial charge on any atom is 0.280 e. The van der Waals surface area contributed by atoms with Gasteiger partial charge in [-0.3, -0.25) is 4.79 Å². The molecule has 5 heteroatoms. The van der Waals surface area contributed by atoms with Crippen LogP contribution >= 0.6 is 0 Å². The molecule has 0 unspecified atom stereocenters. The van der Waals surface area contributed by atoms with E-state index >= 15 is 0 Å². The number of hydrazone groups is 1. The Morgan fingerprint density at radius 3 is 2.65 bits per heavy atom. The molecule has 1 aliphatic heterocycles. The smallest absolute Gasteiger partial charge is 0.280 e. The van der Waals surface area contributed by atoms with Crippen LogP contribution in [0.5, 0.6) is 11.5 Å². The molecule has 1 N–H and O–H groups in total. The van der Waals surface area contributed by atoms with Crippen molar-refractivity contribution in [1.82, 2.24) is 0 Å². The number of benzene rings is 2. The predicted octanol–water partition coefficient (Wildman–Crippen LogP) is 3.94. The van der Waals surface area contributed by atoms with Crippen LogP contribution in [0, 0.1) is 0 Å². The Morgan fingerprint density at radius 1 is 1.27 bits per heavy atom. The summed E-state index contributed by atoms with van der Waals surface area (Å²) in [7, 11) is 1.49. The molecule has 0 spiro atoms. The first-order valence-corrected chi connectivity index (χ1v) is 8.22. The van der Waals surface area contributed by atoms with Crippen molar-refractivity contribution in [2.45, 2.75) is 13.3 Å². The van der Waals surface area contributed by atoms with E-state index in [1.54, 1.807) is 25.1 Å². The molecule has 132 valence electrons. The Hall–Kier alpha value is -3.34. The van der Waals surface area contributed by atoms with Crippen LogP contribution in [-0.4, -0.2) is 23.8 Å². The number of anilines is 1. The number of hydrogen-bond acceptors (Lipinski definition) is 4. The van der Waals surface area contributed by atoms with Crippen LogP contribution in [0.15, 0.2) is 65.8 Å². The molecule has 0 atom stereocenters. The normalized spacial score (nSPS) is 15.3. The summed E-state index contributed by atoms with van der Waals surface area (Å²) in [6.07, 6.45) is 3.96. The lowest BCUT2D eigenvalue weighted by molar-refractivity contribution is -0.114. The van der Waals surface area contributed by atoms with Crippen LogP contribution in [0.1, 0.15) is 18.1 Å². The molecule has 0 aliphatic carbocycles. The molecule has 1 heterocycles. The standard InChI is InChI=1S/C21H20N2O3/c1-4-8-16-11-15(13-19(26-3)20(16)24)12-18-14(2)22-23(21(18)25)17-9-6-5-7-10-17/h4-7,9-13,24H,1,8H2,2-3H3/b18-12+. The summed E-state index contributed by atoms with van der Waals surface area (Å²) in [5.74, 6) is 0.255. The van der Waals surface area contributed by atoms with Crippen LogP contribution in [0.2, 0.25) is 0 Å². The summed E-state index contributed by atoms with van der Waals surface area (Å²) in [6.45, 7) is 5.51. The van der Waals surface area contributed by atoms with Crippen LogP contribution < -0.4 is 9.75 Å². The molecule has 1 amide bonds. The number of phenolic OH excluding ortho intramolecular Hbond substituents is 1. The van der Waals surface area contributed by atoms with E-state index < -0.39 is 0 Å². The first-order valence-electron chi connectivity index (χ1n) is 8.22. The number of amides is 1. The molecule has 2 aromatic rings. The van der Waals surface area contributed by atoms with Crippen molar-refractivity contribution >= 4 is 23.4 Å². The maximum atomic E-state index is 12.8. The van der Waals surface area contributed by atoms with E-state index in [4.69, 9.17) is 4.74 Å². The first kappa shape index (κ1) is 17.5. The second-order valence-electron chi connectivity index (χ2n) is 5.92. The van der Waals surface area contributed by atoms with Gasteiger partial charge in [-0.1, -0.05) is 24.3 Å². The van der Waals surface area contributed by atoms with Crippen molar-refractivity contribution < 1.29 is 14.6 Å². The average Bonchev–Trinajstić information content (AvgIpc) is 2.93. The van der Waals surface area contributed by atoms with Gasteiger partial charge in [0.15, 0.2) is 11.5 Å². The molecule has 2 aromatic carbocycles. The zero-order chi connectivity index (χ0) is 18.7. The van der Waals surface area contributed by atoms with E-state index in [0.29, 0.717) is 29.0 Å². The Kier molecular flexibility index (Phi) is 4.89. The van der Waals surface area contributed by atoms with Crippen molar-refractivity contribution in [3.8, 4) is 11.5 Å². The maximum absolute atomic E-state index is 12.8. The van der Waals surface area contributed by atoms with Gasteiger partial charge in [-0.25, -0.2) is 0 Å². The van der Waals surface area contributed by atoms with Gasteiger partial charge in [0.1, 0.15) is 0 Å². The molecule has 5 nitrogen and oxygen atoms in total. The number of carbonyl (C=O) groups is 1. The first-order chi connectivity index (χ1) is 12.5. The van der Waals surface area contributed by atoms with Gasteiger partial charge in [0.05, 0.1) is 24.1 Å². The lowest BCUT2D eigenvalue weighted by atomic mass is 10.0. The zero-order valence-electron chi connectivity index (χ0n) is 14.8. The topological polar surface area (TPSA) is 62.1 Å². The fraction of sp³-hybridized carbons (Fsp3) is 0.143. The number of phenols is 1. The molecule has 0 saturated carbocycles. The van der Waals surface area contributed by atoms with Gasteiger partial charge < -0.3 is 9.84 Å². The highest BCUT2D eigenvalue weighted by atomic mass is 16.5. The number of allylic oxidation sites excluding steroid dienone is 1. The SMILES string of the molecule is C=CCc1cc(/C=C2/C(=O)N(c3ccccc3)N=C2C)cc(OC)c1O. The van der Waals surface area contributed by atoms with E-state index in [1.807, 2.05) is 36.4 Å². The van der Waals surface area contributed by atoms with Gasteiger partial charge in [-0.2, -0.15) is 10.1 Å². The van der Waals surface area contributed by atoms with E-state index in [1.165, 1.54) is 12.1 Å². The molecular formula is C21H20N2O3. The number of aromatic hydroxyl groups is 1. The van der Waals surface area contributed by atoms with E-state index in [-0.39, 0.29) is 11.7 Å². The minimum Gasteiger partial charge on any atom is -0.504 e. The molecule has 0 saturated heterocycles. The Bertz CT molecular complexity index is 914. The minimum absolute atomic E-state index is 0.0867. The second-order valence-corrected chi connectivity index (χ2v) is 5.92. The van der Waals surface area contributed by atoms with E-state index in [0.717, 1.165) is 11.3 Å². The number of para-hydroxylation sites is 1. The molecule has 0 bridgehead atoms. The summed E-state index contributed by atoms with van der Waals surface area (Å²) in [4.78, 5) is 12.8. The van der Waals surface area contributed by atoms with Gasteiger partial charge in [-0.15, -0.1) is 6.58 Å². The molecule has 0 radical (unpaired) electrons. The molecule has 0 fully saturated rings. The third-order valence-corrected chi connectivity index (χ3v) is 4.13. The van der Waals surface area contributed by atoms with Crippen molar-refractivity contribution in [3.05, 3.63) is 71.8 Å². The highest BCUT2D eigenvalue weighted by molar-refractivity contribution is 6.32. The highest BCUT2D eigenvalue weighted by Gasteiger charge is 2.28. The summed E-state index contributed by atoms with van der Waals surface area (Å²) < 4.78 is 5.24. The van der Waals surface area contributed by atoms with Crippen LogP contribution in [0.3, 0.4) is 0 Å². The van der Waals surface area contributed by atoms with Gasteiger partial charge >= 0.3 is 0 Å². The fourth-order valence-electron chi connectivity index (χ4n) is 2.83. The summed E-state index contributed by atoms with van der Waals surface area (Å²) in [5, 5.41) is 16.0. The molecule has 26 heavy (non-hydrogen) atoms. The van der Waals surface area contributed by atoms with Gasteiger partial charge in [-0.05, 0) is 49.2 Å². The molecule has 3 rings (SSSR count). The predicted molar refractivity (Wildman–Crippen MR) is 104 cm³/mol. The summed E-state index contributed by atoms with van der Waals surface area (Å²) in [5.41, 5.74) is 3.30. The number of methoxy groups -OCH3 is 1. The quantitative estimate of drug-likeness (QED) is 0.658. The van der Waals surface area contributed by atoms with Crippen molar-refractivity contribution in [2.24, 2.45) is 5.10 Å². The van der Waals surface area contributed by atoms with Gasteiger partial charge in [0.2, 0.25) is 0 Å². The monoisotopic (exact) mass is 348 g/mol.